The van der Waals surface area contributed by atoms with E-state index in [1.807, 2.05) is 30.3 Å². The number of carbonyl (C=O) groups is 1. The zero-order valence-corrected chi connectivity index (χ0v) is 14.6. The predicted octanol–water partition coefficient (Wildman–Crippen LogP) is 3.22. The van der Waals surface area contributed by atoms with Gasteiger partial charge in [0.05, 0.1) is 24.3 Å². The highest BCUT2D eigenvalue weighted by atomic mass is 16.5. The molecule has 2 N–H and O–H groups in total. The molecule has 0 fully saturated rings. The van der Waals surface area contributed by atoms with Gasteiger partial charge in [0.15, 0.2) is 0 Å². The van der Waals surface area contributed by atoms with Gasteiger partial charge in [0.2, 0.25) is 5.95 Å². The minimum atomic E-state index is -0.323. The monoisotopic (exact) mass is 359 g/mol. The lowest BCUT2D eigenvalue weighted by atomic mass is 10.2. The quantitative estimate of drug-likeness (QED) is 0.701. The van der Waals surface area contributed by atoms with E-state index in [0.29, 0.717) is 29.3 Å². The molecule has 0 aliphatic heterocycles. The van der Waals surface area contributed by atoms with Crippen LogP contribution < -0.4 is 15.4 Å². The van der Waals surface area contributed by atoms with Gasteiger partial charge in [0, 0.05) is 30.2 Å². The molecule has 0 aliphatic carbocycles. The van der Waals surface area contributed by atoms with E-state index in [2.05, 4.69) is 20.6 Å². The molecular formula is C20H17N5O2. The summed E-state index contributed by atoms with van der Waals surface area (Å²) in [4.78, 5) is 20.6. The van der Waals surface area contributed by atoms with Crippen LogP contribution in [-0.2, 0) is 6.54 Å². The Labute approximate surface area is 156 Å². The third kappa shape index (κ3) is 4.58. The van der Waals surface area contributed by atoms with Crippen molar-refractivity contribution in [3.63, 3.8) is 0 Å². The Bertz CT molecular complexity index is 963. The van der Waals surface area contributed by atoms with E-state index in [1.165, 1.54) is 12.4 Å². The van der Waals surface area contributed by atoms with Crippen molar-refractivity contribution in [2.45, 2.75) is 6.54 Å². The van der Waals surface area contributed by atoms with Crippen LogP contribution in [0, 0.1) is 11.3 Å². The number of nitrogens with zero attached hydrogens (tertiary/aromatic N) is 3. The van der Waals surface area contributed by atoms with Crippen LogP contribution in [0.5, 0.6) is 5.75 Å². The largest absolute Gasteiger partial charge is 0.496 e. The summed E-state index contributed by atoms with van der Waals surface area (Å²) in [6, 6.07) is 16.3. The van der Waals surface area contributed by atoms with E-state index in [0.717, 1.165) is 11.3 Å². The number of hydrogen-bond acceptors (Lipinski definition) is 6. The Morgan fingerprint density at radius 3 is 2.48 bits per heavy atom. The van der Waals surface area contributed by atoms with Crippen molar-refractivity contribution >= 4 is 17.5 Å². The molecule has 27 heavy (non-hydrogen) atoms. The molecule has 0 saturated carbocycles. The van der Waals surface area contributed by atoms with Crippen LogP contribution in [0.25, 0.3) is 0 Å². The molecular weight excluding hydrogens is 342 g/mol. The van der Waals surface area contributed by atoms with E-state index < -0.39 is 0 Å². The van der Waals surface area contributed by atoms with Gasteiger partial charge < -0.3 is 15.4 Å². The van der Waals surface area contributed by atoms with Crippen molar-refractivity contribution in [2.75, 3.05) is 17.7 Å². The molecule has 0 unspecified atom stereocenters. The van der Waals surface area contributed by atoms with Crippen LogP contribution >= 0.6 is 0 Å². The highest BCUT2D eigenvalue weighted by Gasteiger charge is 2.08. The summed E-state index contributed by atoms with van der Waals surface area (Å²) in [5, 5.41) is 14.6. The second-order valence-electron chi connectivity index (χ2n) is 5.60. The van der Waals surface area contributed by atoms with Crippen LogP contribution in [0.3, 0.4) is 0 Å². The minimum Gasteiger partial charge on any atom is -0.496 e. The zero-order valence-electron chi connectivity index (χ0n) is 14.6. The predicted molar refractivity (Wildman–Crippen MR) is 101 cm³/mol. The summed E-state index contributed by atoms with van der Waals surface area (Å²) in [6.07, 6.45) is 2.91. The van der Waals surface area contributed by atoms with Gasteiger partial charge in [-0.25, -0.2) is 9.97 Å². The Morgan fingerprint density at radius 2 is 1.81 bits per heavy atom. The number of carbonyl (C=O) groups excluding carboxylic acids is 1. The number of nitrogens with one attached hydrogen (secondary N) is 2. The summed E-state index contributed by atoms with van der Waals surface area (Å²) in [7, 11) is 1.62. The zero-order chi connectivity index (χ0) is 19.1. The van der Waals surface area contributed by atoms with Gasteiger partial charge in [-0.3, -0.25) is 4.79 Å². The maximum atomic E-state index is 12.2. The van der Waals surface area contributed by atoms with Gasteiger partial charge in [-0.05, 0) is 30.3 Å². The first kappa shape index (κ1) is 17.9. The smallest absolute Gasteiger partial charge is 0.258 e. The molecule has 0 spiro atoms. The van der Waals surface area contributed by atoms with Crippen molar-refractivity contribution in [3.05, 3.63) is 77.6 Å². The van der Waals surface area contributed by atoms with Crippen LogP contribution in [-0.4, -0.2) is 23.0 Å². The number of hydrogen-bond donors (Lipinski definition) is 2. The Balaban J connectivity index is 1.60. The summed E-state index contributed by atoms with van der Waals surface area (Å²) in [6.45, 7) is 0.501. The number of benzene rings is 2. The van der Waals surface area contributed by atoms with E-state index in [-0.39, 0.29) is 5.91 Å². The van der Waals surface area contributed by atoms with Crippen molar-refractivity contribution in [1.82, 2.24) is 9.97 Å². The van der Waals surface area contributed by atoms with E-state index in [4.69, 9.17) is 10.00 Å². The first-order valence-electron chi connectivity index (χ1n) is 8.19. The molecule has 3 rings (SSSR count). The Morgan fingerprint density at radius 1 is 1.11 bits per heavy atom. The molecule has 7 nitrogen and oxygen atoms in total. The first-order chi connectivity index (χ1) is 13.2. The summed E-state index contributed by atoms with van der Waals surface area (Å²) >= 11 is 0. The second-order valence-corrected chi connectivity index (χ2v) is 5.60. The fraction of sp³-hybridized carbons (Fsp3) is 0.100. The van der Waals surface area contributed by atoms with E-state index in [9.17, 15) is 4.79 Å². The van der Waals surface area contributed by atoms with Crippen LogP contribution in [0.15, 0.2) is 60.9 Å². The minimum absolute atomic E-state index is 0.323. The third-order valence-corrected chi connectivity index (χ3v) is 3.82. The van der Waals surface area contributed by atoms with E-state index in [1.54, 1.807) is 31.4 Å². The number of ether oxygens (including phenoxy) is 1. The van der Waals surface area contributed by atoms with Crippen molar-refractivity contribution in [3.8, 4) is 11.8 Å². The first-order valence-corrected chi connectivity index (χ1v) is 8.19. The molecule has 0 radical (unpaired) electrons. The fourth-order valence-electron chi connectivity index (χ4n) is 2.39. The van der Waals surface area contributed by atoms with Crippen LogP contribution in [0.1, 0.15) is 21.5 Å². The molecule has 0 bridgehead atoms. The number of anilines is 2. The topological polar surface area (TPSA) is 99.9 Å². The van der Waals surface area contributed by atoms with Crippen molar-refractivity contribution < 1.29 is 9.53 Å². The molecule has 1 aromatic heterocycles. The highest BCUT2D eigenvalue weighted by Crippen LogP contribution is 2.18. The molecule has 0 aliphatic rings. The number of nitriles is 1. The standard InChI is InChI=1S/C20H17N5O2/c1-27-18-5-3-2-4-15(18)11-22-20-23-12-16(13-24-20)19(26)25-17-8-6-14(10-21)7-9-17/h2-9,12-13H,11H2,1H3,(H,25,26)(H,22,23,24). The van der Waals surface area contributed by atoms with Gasteiger partial charge in [-0.2, -0.15) is 5.26 Å². The summed E-state index contributed by atoms with van der Waals surface area (Å²) < 4.78 is 5.30. The van der Waals surface area contributed by atoms with Crippen LogP contribution in [0.2, 0.25) is 0 Å². The molecule has 2 aromatic carbocycles. The molecule has 134 valence electrons. The van der Waals surface area contributed by atoms with Gasteiger partial charge in [-0.15, -0.1) is 0 Å². The number of para-hydroxylation sites is 1. The highest BCUT2D eigenvalue weighted by molar-refractivity contribution is 6.03. The number of rotatable bonds is 6. The molecule has 7 heteroatoms. The van der Waals surface area contributed by atoms with Gasteiger partial charge in [-0.1, -0.05) is 18.2 Å². The molecule has 1 heterocycles. The molecule has 0 atom stereocenters. The maximum Gasteiger partial charge on any atom is 0.258 e. The van der Waals surface area contributed by atoms with Crippen molar-refractivity contribution in [2.24, 2.45) is 0 Å². The average Bonchev–Trinajstić information content (AvgIpc) is 2.73. The lowest BCUT2D eigenvalue weighted by Gasteiger charge is -2.09. The van der Waals surface area contributed by atoms with Gasteiger partial charge >= 0.3 is 0 Å². The summed E-state index contributed by atoms with van der Waals surface area (Å²) in [5.74, 6) is 0.871. The lowest BCUT2D eigenvalue weighted by Crippen LogP contribution is -2.13. The normalized spacial score (nSPS) is 9.93. The summed E-state index contributed by atoms with van der Waals surface area (Å²) in [5.41, 5.74) is 2.44. The average molecular weight is 359 g/mol. The molecule has 0 saturated heterocycles. The lowest BCUT2D eigenvalue weighted by molar-refractivity contribution is 0.102. The molecule has 1 amide bonds. The van der Waals surface area contributed by atoms with Gasteiger partial charge in [0.25, 0.3) is 5.91 Å². The third-order valence-electron chi connectivity index (χ3n) is 3.82. The maximum absolute atomic E-state index is 12.2. The van der Waals surface area contributed by atoms with Crippen molar-refractivity contribution in [1.29, 1.82) is 5.26 Å². The number of amides is 1. The number of methoxy groups -OCH3 is 1. The fourth-order valence-corrected chi connectivity index (χ4v) is 2.39. The van der Waals surface area contributed by atoms with Crippen LogP contribution in [0.4, 0.5) is 11.6 Å². The second kappa shape index (κ2) is 8.45. The van der Waals surface area contributed by atoms with Gasteiger partial charge in [0.1, 0.15) is 5.75 Å². The van der Waals surface area contributed by atoms with E-state index >= 15 is 0 Å². The SMILES string of the molecule is COc1ccccc1CNc1ncc(C(=O)Nc2ccc(C#N)cc2)cn1. The number of aromatic nitrogens is 2. The Kier molecular flexibility index (Phi) is 5.60. The molecule has 3 aromatic rings. The Hall–Kier alpha value is -3.92.